The fourth-order valence-corrected chi connectivity index (χ4v) is 6.16. The van der Waals surface area contributed by atoms with Gasteiger partial charge in [0.05, 0.1) is 17.2 Å². The number of ether oxygens (including phenoxy) is 1. The summed E-state index contributed by atoms with van der Waals surface area (Å²) in [6.07, 6.45) is 0.322. The fraction of sp³-hybridized carbons (Fsp3) is 0.355. The first-order valence-electron chi connectivity index (χ1n) is 13.8. The number of rotatable bonds is 14. The molecule has 2 amide bonds. The summed E-state index contributed by atoms with van der Waals surface area (Å²) in [6, 6.07) is 18.9. The summed E-state index contributed by atoms with van der Waals surface area (Å²) in [7, 11) is -4.18. The first-order valence-corrected chi connectivity index (χ1v) is 16.4. The summed E-state index contributed by atoms with van der Waals surface area (Å²) < 4.78 is 35.3. The van der Waals surface area contributed by atoms with Crippen molar-refractivity contribution in [2.24, 2.45) is 5.92 Å². The maximum Gasteiger partial charge on any atom is 0.264 e. The molecule has 42 heavy (non-hydrogen) atoms. The van der Waals surface area contributed by atoms with Crippen LogP contribution >= 0.6 is 27.5 Å². The van der Waals surface area contributed by atoms with Gasteiger partial charge in [0.25, 0.3) is 10.0 Å². The molecule has 0 aliphatic heterocycles. The van der Waals surface area contributed by atoms with Gasteiger partial charge in [0.2, 0.25) is 11.8 Å². The molecular weight excluding hydrogens is 642 g/mol. The zero-order valence-electron chi connectivity index (χ0n) is 24.2. The van der Waals surface area contributed by atoms with E-state index < -0.39 is 28.5 Å². The lowest BCUT2D eigenvalue weighted by Gasteiger charge is -2.33. The minimum absolute atomic E-state index is 0.0201. The molecule has 226 valence electrons. The third-order valence-electron chi connectivity index (χ3n) is 6.49. The van der Waals surface area contributed by atoms with Crippen LogP contribution < -0.4 is 14.4 Å². The smallest absolute Gasteiger partial charge is 0.264 e. The molecule has 3 aromatic carbocycles. The van der Waals surface area contributed by atoms with Crippen molar-refractivity contribution < 1.29 is 22.7 Å². The van der Waals surface area contributed by atoms with Gasteiger partial charge in [-0.25, -0.2) is 8.42 Å². The molecule has 0 radical (unpaired) electrons. The fourth-order valence-electron chi connectivity index (χ4n) is 4.29. The topological polar surface area (TPSA) is 96.0 Å². The van der Waals surface area contributed by atoms with Gasteiger partial charge in [-0.2, -0.15) is 0 Å². The number of carbonyl (C=O) groups is 2. The van der Waals surface area contributed by atoms with Crippen LogP contribution in [0, 0.1) is 5.92 Å². The number of benzene rings is 3. The molecule has 0 unspecified atom stereocenters. The van der Waals surface area contributed by atoms with Gasteiger partial charge < -0.3 is 15.0 Å². The van der Waals surface area contributed by atoms with Gasteiger partial charge in [0.1, 0.15) is 18.3 Å². The van der Waals surface area contributed by atoms with Gasteiger partial charge in [-0.3, -0.25) is 13.9 Å². The molecule has 0 heterocycles. The van der Waals surface area contributed by atoms with E-state index in [0.29, 0.717) is 40.4 Å². The van der Waals surface area contributed by atoms with Gasteiger partial charge in [-0.15, -0.1) is 0 Å². The Morgan fingerprint density at radius 2 is 1.62 bits per heavy atom. The summed E-state index contributed by atoms with van der Waals surface area (Å²) in [5.41, 5.74) is 0.927. The van der Waals surface area contributed by atoms with Gasteiger partial charge in [-0.1, -0.05) is 66.5 Å². The van der Waals surface area contributed by atoms with Crippen LogP contribution in [-0.4, -0.2) is 50.9 Å². The van der Waals surface area contributed by atoms with Crippen LogP contribution in [0.1, 0.15) is 39.7 Å². The second-order valence-electron chi connectivity index (χ2n) is 10.1. The van der Waals surface area contributed by atoms with Crippen LogP contribution in [-0.2, 0) is 26.2 Å². The summed E-state index contributed by atoms with van der Waals surface area (Å²) in [4.78, 5) is 28.9. The number of sulfonamides is 1. The van der Waals surface area contributed by atoms with Crippen molar-refractivity contribution in [3.05, 3.63) is 87.9 Å². The number of halogens is 2. The highest BCUT2D eigenvalue weighted by molar-refractivity contribution is 9.10. The molecule has 0 aliphatic rings. The molecule has 1 N–H and O–H groups in total. The molecule has 11 heteroatoms. The summed E-state index contributed by atoms with van der Waals surface area (Å²) >= 11 is 9.79. The number of nitrogens with one attached hydrogen (secondary N) is 1. The Morgan fingerprint density at radius 3 is 2.19 bits per heavy atom. The largest absolute Gasteiger partial charge is 0.494 e. The van der Waals surface area contributed by atoms with E-state index in [2.05, 4.69) is 21.2 Å². The van der Waals surface area contributed by atoms with E-state index in [1.807, 2.05) is 27.7 Å². The van der Waals surface area contributed by atoms with Crippen molar-refractivity contribution in [3.8, 4) is 5.75 Å². The predicted molar refractivity (Wildman–Crippen MR) is 170 cm³/mol. The summed E-state index contributed by atoms with van der Waals surface area (Å²) in [5, 5.41) is 3.36. The van der Waals surface area contributed by atoms with Crippen molar-refractivity contribution in [3.63, 3.8) is 0 Å². The lowest BCUT2D eigenvalue weighted by molar-refractivity contribution is -0.140. The Balaban J connectivity index is 2.06. The molecule has 1 atom stereocenters. The minimum Gasteiger partial charge on any atom is -0.494 e. The number of amides is 2. The molecule has 8 nitrogen and oxygen atoms in total. The highest BCUT2D eigenvalue weighted by Gasteiger charge is 2.34. The SMILES string of the molecule is CCOc1ccc(N(CC(=O)N(Cc2ccccc2Cl)[C@H](CC)C(=O)NCC(C)C)S(=O)(=O)c2ccc(Br)cc2)cc1. The van der Waals surface area contributed by atoms with Crippen molar-refractivity contribution in [1.82, 2.24) is 10.2 Å². The third kappa shape index (κ3) is 8.72. The third-order valence-corrected chi connectivity index (χ3v) is 9.17. The number of anilines is 1. The standard InChI is InChI=1S/C31H37BrClN3O5S/c1-5-29(31(38)34-19-22(3)4)35(20-23-9-7-8-10-28(23)33)30(37)21-36(25-13-15-26(16-14-25)41-6-2)42(39,40)27-17-11-24(32)12-18-27/h7-18,22,29H,5-6,19-21H2,1-4H3,(H,34,38)/t29-/m1/s1. The van der Waals surface area contributed by atoms with Crippen LogP contribution in [0.3, 0.4) is 0 Å². The van der Waals surface area contributed by atoms with Crippen LogP contribution in [0.5, 0.6) is 5.75 Å². The van der Waals surface area contributed by atoms with Crippen molar-refractivity contribution in [2.75, 3.05) is 24.0 Å². The number of nitrogens with zero attached hydrogens (tertiary/aromatic N) is 2. The number of hydrogen-bond acceptors (Lipinski definition) is 5. The van der Waals surface area contributed by atoms with Gasteiger partial charge in [-0.05, 0) is 79.4 Å². The van der Waals surface area contributed by atoms with E-state index in [-0.39, 0.29) is 29.0 Å². The minimum atomic E-state index is -4.18. The molecule has 3 rings (SSSR count). The first kappa shape index (κ1) is 33.4. The number of hydrogen-bond donors (Lipinski definition) is 1. The van der Waals surface area contributed by atoms with E-state index in [1.165, 1.54) is 17.0 Å². The normalized spacial score (nSPS) is 12.1. The Morgan fingerprint density at radius 1 is 0.976 bits per heavy atom. The quantitative estimate of drug-likeness (QED) is 0.217. The second kappa shape index (κ2) is 15.4. The van der Waals surface area contributed by atoms with Gasteiger partial charge in [0.15, 0.2) is 0 Å². The van der Waals surface area contributed by atoms with E-state index in [9.17, 15) is 18.0 Å². The van der Waals surface area contributed by atoms with Crippen LogP contribution in [0.4, 0.5) is 5.69 Å². The monoisotopic (exact) mass is 677 g/mol. The molecule has 0 aromatic heterocycles. The van der Waals surface area contributed by atoms with Crippen molar-refractivity contribution in [2.45, 2.75) is 51.6 Å². The highest BCUT2D eigenvalue weighted by atomic mass is 79.9. The maximum atomic E-state index is 14.2. The Kier molecular flexibility index (Phi) is 12.3. The van der Waals surface area contributed by atoms with E-state index in [1.54, 1.807) is 60.7 Å². The number of carbonyl (C=O) groups excluding carboxylic acids is 2. The molecule has 0 aliphatic carbocycles. The van der Waals surface area contributed by atoms with Crippen LogP contribution in [0.15, 0.2) is 82.2 Å². The van der Waals surface area contributed by atoms with E-state index >= 15 is 0 Å². The Labute approximate surface area is 262 Å². The summed E-state index contributed by atoms with van der Waals surface area (Å²) in [6.45, 7) is 8.02. The Hall–Kier alpha value is -3.08. The Bertz CT molecular complexity index is 1450. The average Bonchev–Trinajstić information content (AvgIpc) is 2.96. The lowest BCUT2D eigenvalue weighted by Crippen LogP contribution is -2.52. The lowest BCUT2D eigenvalue weighted by atomic mass is 10.1. The first-order chi connectivity index (χ1) is 20.0. The molecular formula is C31H37BrClN3O5S. The predicted octanol–water partition coefficient (Wildman–Crippen LogP) is 6.28. The molecule has 3 aromatic rings. The second-order valence-corrected chi connectivity index (χ2v) is 13.3. The van der Waals surface area contributed by atoms with Crippen molar-refractivity contribution in [1.29, 1.82) is 0 Å². The van der Waals surface area contributed by atoms with Gasteiger partial charge >= 0.3 is 0 Å². The van der Waals surface area contributed by atoms with Gasteiger partial charge in [0, 0.05) is 22.6 Å². The average molecular weight is 679 g/mol. The van der Waals surface area contributed by atoms with E-state index in [4.69, 9.17) is 16.3 Å². The molecule has 0 spiro atoms. The van der Waals surface area contributed by atoms with Crippen molar-refractivity contribution >= 4 is 55.1 Å². The highest BCUT2D eigenvalue weighted by Crippen LogP contribution is 2.28. The molecule has 0 saturated carbocycles. The molecule has 0 fully saturated rings. The zero-order valence-corrected chi connectivity index (χ0v) is 27.4. The molecule has 0 saturated heterocycles. The zero-order chi connectivity index (χ0) is 30.9. The van der Waals surface area contributed by atoms with Crippen LogP contribution in [0.25, 0.3) is 0 Å². The molecule has 0 bridgehead atoms. The van der Waals surface area contributed by atoms with E-state index in [0.717, 1.165) is 4.31 Å². The summed E-state index contributed by atoms with van der Waals surface area (Å²) in [5.74, 6) is -0.0711. The van der Waals surface area contributed by atoms with Crippen LogP contribution in [0.2, 0.25) is 5.02 Å². The maximum absolute atomic E-state index is 14.2.